The monoisotopic (exact) mass is 622 g/mol. The second-order valence-electron chi connectivity index (χ2n) is 8.54. The Morgan fingerprint density at radius 2 is 1.52 bits per heavy atom. The number of benzene rings is 3. The van der Waals surface area contributed by atoms with Crippen molar-refractivity contribution in [2.75, 3.05) is 17.9 Å². The average Bonchev–Trinajstić information content (AvgIpc) is 2.91. The number of nitrogens with one attached hydrogen (secondary N) is 1. The van der Waals surface area contributed by atoms with Crippen molar-refractivity contribution < 1.29 is 40.3 Å². The molecular formula is C27H29F2N4O7PS. The third-order valence-corrected chi connectivity index (χ3v) is 8.88. The van der Waals surface area contributed by atoms with Gasteiger partial charge in [0.1, 0.15) is 5.75 Å². The number of anilines is 1. The highest BCUT2D eigenvalue weighted by molar-refractivity contribution is 7.92. The number of rotatable bonds is 12. The molecule has 0 heterocycles. The first kappa shape index (κ1) is 32.4. The molecule has 0 radical (unpaired) electrons. The Morgan fingerprint density at radius 3 is 2.02 bits per heavy atom. The maximum Gasteiger partial charge on any atom is 0.361 e. The lowest BCUT2D eigenvalue weighted by Gasteiger charge is -2.17. The van der Waals surface area contributed by atoms with Crippen LogP contribution in [0.3, 0.4) is 0 Å². The van der Waals surface area contributed by atoms with Gasteiger partial charge in [-0.15, -0.1) is 0 Å². The summed E-state index contributed by atoms with van der Waals surface area (Å²) in [7, 11) is -7.60. The van der Waals surface area contributed by atoms with Crippen LogP contribution < -0.4 is 26.2 Å². The van der Waals surface area contributed by atoms with Gasteiger partial charge in [0, 0.05) is 11.3 Å². The fourth-order valence-corrected chi connectivity index (χ4v) is 6.16. The van der Waals surface area contributed by atoms with Gasteiger partial charge in [-0.25, -0.2) is 17.2 Å². The van der Waals surface area contributed by atoms with E-state index in [0.29, 0.717) is 0 Å². The highest BCUT2D eigenvalue weighted by Crippen LogP contribution is 2.46. The fourth-order valence-electron chi connectivity index (χ4n) is 3.53. The maximum absolute atomic E-state index is 14.7. The molecular weight excluding hydrogens is 593 g/mol. The Kier molecular flexibility index (Phi) is 10.6. The molecule has 15 heteroatoms. The third kappa shape index (κ3) is 8.23. The maximum atomic E-state index is 14.7. The molecule has 0 saturated heterocycles. The van der Waals surface area contributed by atoms with Crippen LogP contribution >= 0.6 is 7.60 Å². The molecule has 0 fully saturated rings. The van der Waals surface area contributed by atoms with E-state index in [-0.39, 0.29) is 46.0 Å². The van der Waals surface area contributed by atoms with E-state index in [4.69, 9.17) is 25.3 Å². The summed E-state index contributed by atoms with van der Waals surface area (Å²) >= 11 is 0. The number of guanidine groups is 1. The minimum Gasteiger partial charge on any atom is -0.451 e. The van der Waals surface area contributed by atoms with E-state index in [2.05, 4.69) is 9.71 Å². The number of nitrogens with two attached hydrogens (primary N) is 2. The summed E-state index contributed by atoms with van der Waals surface area (Å²) in [6, 6.07) is 12.4. The molecule has 0 saturated carbocycles. The zero-order chi connectivity index (χ0) is 31.1. The number of amides is 1. The second-order valence-corrected chi connectivity index (χ2v) is 12.3. The Bertz CT molecular complexity index is 1630. The number of sulfonamides is 1. The average molecular weight is 623 g/mol. The van der Waals surface area contributed by atoms with E-state index in [0.717, 1.165) is 12.1 Å². The fraction of sp³-hybridized carbons (Fsp3) is 0.185. The Labute approximate surface area is 241 Å². The summed E-state index contributed by atoms with van der Waals surface area (Å²) in [5.41, 5.74) is 10.6. The number of hydrogen-bond donors (Lipinski definition) is 3. The van der Waals surface area contributed by atoms with E-state index in [1.54, 1.807) is 13.8 Å². The molecule has 0 aliphatic heterocycles. The van der Waals surface area contributed by atoms with E-state index in [1.165, 1.54) is 61.5 Å². The molecule has 3 aromatic rings. The Morgan fingerprint density at radius 1 is 0.976 bits per heavy atom. The minimum absolute atomic E-state index is 0.0214. The van der Waals surface area contributed by atoms with Gasteiger partial charge < -0.3 is 25.3 Å². The molecule has 0 aromatic heterocycles. The predicted molar refractivity (Wildman–Crippen MR) is 155 cm³/mol. The van der Waals surface area contributed by atoms with E-state index < -0.39 is 46.9 Å². The number of carbonyl (C=O) groups excluding carboxylic acids is 1. The number of hydrogen-bond acceptors (Lipinski definition) is 7. The van der Waals surface area contributed by atoms with E-state index in [1.807, 2.05) is 0 Å². The second kappa shape index (κ2) is 13.7. The van der Waals surface area contributed by atoms with Crippen molar-refractivity contribution in [2.45, 2.75) is 25.7 Å². The van der Waals surface area contributed by atoms with Crippen molar-refractivity contribution in [3.63, 3.8) is 0 Å². The van der Waals surface area contributed by atoms with Gasteiger partial charge in [0.25, 0.3) is 15.9 Å². The smallest absolute Gasteiger partial charge is 0.361 e. The number of nitrogens with zero attached hydrogens (tertiary/aromatic N) is 1. The van der Waals surface area contributed by atoms with Crippen LogP contribution in [0.25, 0.3) is 6.08 Å². The van der Waals surface area contributed by atoms with Gasteiger partial charge in [-0.1, -0.05) is 0 Å². The summed E-state index contributed by atoms with van der Waals surface area (Å²) in [4.78, 5) is 15.0. The molecule has 0 aliphatic carbocycles. The molecule has 1 amide bonds. The minimum atomic E-state index is -4.06. The normalized spacial score (nSPS) is 12.1. The molecule has 42 heavy (non-hydrogen) atoms. The summed E-state index contributed by atoms with van der Waals surface area (Å²) in [6.45, 7) is 5.05. The standard InChI is InChI=1S/C27H29F2N4O7PS/c1-4-38-41(35,39-5-2)21-10-6-19(7-11-21)33-42(36,37)22-12-8-20(9-13-22)40-25-23(28)15-18(16-24(25)29)14-17(3)26(34)32-27(30)31/h6-16,33H,4-5H2,1-3H3,(H4,30,31,32,34)/b17-14+. The van der Waals surface area contributed by atoms with Gasteiger partial charge in [-0.05, 0) is 93.1 Å². The van der Waals surface area contributed by atoms with Crippen molar-refractivity contribution in [3.05, 3.63) is 83.4 Å². The zero-order valence-electron chi connectivity index (χ0n) is 22.8. The summed E-state index contributed by atoms with van der Waals surface area (Å²) in [5.74, 6) is -4.13. The van der Waals surface area contributed by atoms with Crippen LogP contribution in [-0.4, -0.2) is 33.5 Å². The molecule has 0 atom stereocenters. The first-order valence-electron chi connectivity index (χ1n) is 12.4. The summed E-state index contributed by atoms with van der Waals surface area (Å²) in [6.07, 6.45) is 1.20. The molecule has 0 aliphatic rings. The Hall–Kier alpha value is -4.10. The highest BCUT2D eigenvalue weighted by Gasteiger charge is 2.26. The molecule has 3 aromatic carbocycles. The number of aliphatic imine (C=N–C) groups is 1. The summed E-state index contributed by atoms with van der Waals surface area (Å²) in [5, 5.41) is 0.272. The number of ether oxygens (including phenoxy) is 1. The van der Waals surface area contributed by atoms with Crippen molar-refractivity contribution in [1.82, 2.24) is 0 Å². The van der Waals surface area contributed by atoms with Crippen LogP contribution in [-0.2, 0) is 28.4 Å². The van der Waals surface area contributed by atoms with Gasteiger partial charge in [0.05, 0.1) is 23.4 Å². The van der Waals surface area contributed by atoms with Gasteiger partial charge >= 0.3 is 7.60 Å². The number of carbonyl (C=O) groups is 1. The van der Waals surface area contributed by atoms with Crippen molar-refractivity contribution in [1.29, 1.82) is 0 Å². The quantitative estimate of drug-likeness (QED) is 0.112. The van der Waals surface area contributed by atoms with Gasteiger partial charge in [-0.2, -0.15) is 4.99 Å². The molecule has 0 unspecified atom stereocenters. The van der Waals surface area contributed by atoms with Crippen LogP contribution in [0.2, 0.25) is 0 Å². The molecule has 224 valence electrons. The lowest BCUT2D eigenvalue weighted by Crippen LogP contribution is -2.24. The number of halogens is 2. The van der Waals surface area contributed by atoms with E-state index >= 15 is 0 Å². The summed E-state index contributed by atoms with van der Waals surface area (Å²) < 4.78 is 86.2. The molecule has 3 rings (SSSR count). The predicted octanol–water partition coefficient (Wildman–Crippen LogP) is 4.65. The van der Waals surface area contributed by atoms with Gasteiger partial charge in [0.2, 0.25) is 0 Å². The van der Waals surface area contributed by atoms with Gasteiger partial charge in [-0.3, -0.25) is 14.1 Å². The van der Waals surface area contributed by atoms with E-state index in [9.17, 15) is 26.6 Å². The first-order chi connectivity index (χ1) is 19.8. The van der Waals surface area contributed by atoms with Crippen molar-refractivity contribution >= 4 is 46.6 Å². The molecule has 0 bridgehead atoms. The third-order valence-electron chi connectivity index (χ3n) is 5.36. The highest BCUT2D eigenvalue weighted by atomic mass is 32.2. The molecule has 5 N–H and O–H groups in total. The van der Waals surface area contributed by atoms with Crippen LogP contribution in [0.15, 0.2) is 76.1 Å². The van der Waals surface area contributed by atoms with Crippen LogP contribution in [0.5, 0.6) is 11.5 Å². The van der Waals surface area contributed by atoms with Crippen LogP contribution in [0.1, 0.15) is 26.3 Å². The lowest BCUT2D eigenvalue weighted by molar-refractivity contribution is -0.114. The molecule has 0 spiro atoms. The zero-order valence-corrected chi connectivity index (χ0v) is 24.5. The lowest BCUT2D eigenvalue weighted by atomic mass is 10.1. The van der Waals surface area contributed by atoms with Gasteiger partial charge in [0.15, 0.2) is 23.3 Å². The van der Waals surface area contributed by atoms with Crippen LogP contribution in [0.4, 0.5) is 14.5 Å². The Balaban J connectivity index is 1.74. The topological polar surface area (TPSA) is 172 Å². The SMILES string of the molecule is CCOP(=O)(OCC)c1ccc(NS(=O)(=O)c2ccc(Oc3c(F)cc(/C=C(\C)C(=O)N=C(N)N)cc3F)cc2)cc1. The van der Waals surface area contributed by atoms with Crippen molar-refractivity contribution in [3.8, 4) is 11.5 Å². The van der Waals surface area contributed by atoms with Crippen molar-refractivity contribution in [2.24, 2.45) is 16.5 Å². The largest absolute Gasteiger partial charge is 0.451 e. The molecule has 11 nitrogen and oxygen atoms in total. The first-order valence-corrected chi connectivity index (χ1v) is 15.4. The van der Waals surface area contributed by atoms with Crippen LogP contribution in [0, 0.1) is 11.6 Å².